The van der Waals surface area contributed by atoms with Crippen molar-refractivity contribution < 1.29 is 19.1 Å². The van der Waals surface area contributed by atoms with Gasteiger partial charge in [-0.05, 0) is 44.4 Å². The van der Waals surface area contributed by atoms with E-state index in [4.69, 9.17) is 9.47 Å². The second-order valence-electron chi connectivity index (χ2n) is 9.25. The fourth-order valence-electron chi connectivity index (χ4n) is 4.04. The van der Waals surface area contributed by atoms with Gasteiger partial charge < -0.3 is 9.47 Å². The van der Waals surface area contributed by atoms with Crippen molar-refractivity contribution in [1.29, 1.82) is 0 Å². The van der Waals surface area contributed by atoms with Crippen LogP contribution >= 0.6 is 0 Å². The minimum absolute atomic E-state index is 0.0269. The summed E-state index contributed by atoms with van der Waals surface area (Å²) in [5.41, 5.74) is 0. The molecule has 0 aromatic heterocycles. The quantitative estimate of drug-likeness (QED) is 0.206. The van der Waals surface area contributed by atoms with Crippen molar-refractivity contribution in [2.75, 3.05) is 13.2 Å². The molecule has 4 heteroatoms. The van der Waals surface area contributed by atoms with Crippen LogP contribution in [0, 0.1) is 17.8 Å². The lowest BCUT2D eigenvalue weighted by molar-refractivity contribution is -0.155. The van der Waals surface area contributed by atoms with E-state index in [1.165, 1.54) is 44.9 Å². The molecule has 0 N–H and O–H groups in total. The number of rotatable bonds is 16. The van der Waals surface area contributed by atoms with Crippen LogP contribution in [0.25, 0.3) is 0 Å². The zero-order valence-electron chi connectivity index (χ0n) is 19.4. The molecule has 4 nitrogen and oxygen atoms in total. The van der Waals surface area contributed by atoms with Gasteiger partial charge in [0, 0.05) is 0 Å². The molecule has 0 radical (unpaired) electrons. The van der Waals surface area contributed by atoms with Crippen molar-refractivity contribution in [2.24, 2.45) is 17.8 Å². The summed E-state index contributed by atoms with van der Waals surface area (Å²) in [7, 11) is 0. The Bertz CT molecular complexity index is 425. The molecule has 0 amide bonds. The van der Waals surface area contributed by atoms with Crippen LogP contribution in [-0.4, -0.2) is 25.2 Å². The summed E-state index contributed by atoms with van der Waals surface area (Å²) < 4.78 is 10.9. The maximum atomic E-state index is 12.2. The minimum Gasteiger partial charge on any atom is -0.465 e. The standard InChI is InChI=1S/C25H46O4/c1-4-5-6-12-19-28-24(26)22-15-17-23(18-16-22)25(27)29-20-13-10-8-7-9-11-14-21(2)3/h21-23H,4-20H2,1-3H3. The number of esters is 2. The molecular weight excluding hydrogens is 364 g/mol. The highest BCUT2D eigenvalue weighted by molar-refractivity contribution is 5.75. The van der Waals surface area contributed by atoms with E-state index in [1.54, 1.807) is 0 Å². The Kier molecular flexibility index (Phi) is 15.0. The molecule has 1 rings (SSSR count). The summed E-state index contributed by atoms with van der Waals surface area (Å²) in [6.07, 6.45) is 16.1. The number of hydrogen-bond acceptors (Lipinski definition) is 4. The summed E-state index contributed by atoms with van der Waals surface area (Å²) >= 11 is 0. The van der Waals surface area contributed by atoms with Gasteiger partial charge in [0.15, 0.2) is 0 Å². The average molecular weight is 411 g/mol. The van der Waals surface area contributed by atoms with Crippen molar-refractivity contribution in [3.8, 4) is 0 Å². The van der Waals surface area contributed by atoms with E-state index < -0.39 is 0 Å². The van der Waals surface area contributed by atoms with Crippen LogP contribution in [0.2, 0.25) is 0 Å². The van der Waals surface area contributed by atoms with Gasteiger partial charge in [-0.25, -0.2) is 0 Å². The molecule has 0 saturated heterocycles. The third-order valence-electron chi connectivity index (χ3n) is 6.06. The number of carbonyl (C=O) groups excluding carboxylic acids is 2. The van der Waals surface area contributed by atoms with E-state index in [1.807, 2.05) is 0 Å². The Balaban J connectivity index is 2.01. The van der Waals surface area contributed by atoms with E-state index in [2.05, 4.69) is 20.8 Å². The number of carbonyl (C=O) groups is 2. The highest BCUT2D eigenvalue weighted by atomic mass is 16.5. The van der Waals surface area contributed by atoms with E-state index in [9.17, 15) is 9.59 Å². The highest BCUT2D eigenvalue weighted by Gasteiger charge is 2.31. The van der Waals surface area contributed by atoms with Crippen LogP contribution in [0.5, 0.6) is 0 Å². The predicted octanol–water partition coefficient (Wildman–Crippen LogP) is 6.85. The Morgan fingerprint density at radius 3 is 1.55 bits per heavy atom. The molecule has 0 unspecified atom stereocenters. The van der Waals surface area contributed by atoms with Gasteiger partial charge in [-0.1, -0.05) is 78.6 Å². The van der Waals surface area contributed by atoms with Crippen molar-refractivity contribution in [1.82, 2.24) is 0 Å². The van der Waals surface area contributed by atoms with E-state index in [-0.39, 0.29) is 23.8 Å². The molecule has 1 aliphatic carbocycles. The molecule has 0 heterocycles. The maximum Gasteiger partial charge on any atom is 0.308 e. The van der Waals surface area contributed by atoms with Crippen LogP contribution in [0.15, 0.2) is 0 Å². The zero-order valence-corrected chi connectivity index (χ0v) is 19.4. The first kappa shape index (κ1) is 26.0. The molecule has 1 fully saturated rings. The molecule has 0 aromatic rings. The first-order valence-electron chi connectivity index (χ1n) is 12.4. The van der Waals surface area contributed by atoms with Crippen molar-refractivity contribution in [2.45, 2.75) is 117 Å². The number of unbranched alkanes of at least 4 members (excludes halogenated alkanes) is 8. The van der Waals surface area contributed by atoms with Crippen LogP contribution < -0.4 is 0 Å². The molecule has 0 bridgehead atoms. The Morgan fingerprint density at radius 1 is 0.690 bits per heavy atom. The van der Waals surface area contributed by atoms with E-state index in [0.717, 1.165) is 57.3 Å². The van der Waals surface area contributed by atoms with Crippen molar-refractivity contribution in [3.05, 3.63) is 0 Å². The molecule has 29 heavy (non-hydrogen) atoms. The first-order chi connectivity index (χ1) is 14.0. The predicted molar refractivity (Wildman–Crippen MR) is 119 cm³/mol. The van der Waals surface area contributed by atoms with E-state index in [0.29, 0.717) is 13.2 Å². The topological polar surface area (TPSA) is 52.6 Å². The lowest BCUT2D eigenvalue weighted by Crippen LogP contribution is -2.28. The van der Waals surface area contributed by atoms with Gasteiger partial charge in [-0.3, -0.25) is 9.59 Å². The number of hydrogen-bond donors (Lipinski definition) is 0. The van der Waals surface area contributed by atoms with Gasteiger partial charge in [0.05, 0.1) is 25.0 Å². The lowest BCUT2D eigenvalue weighted by Gasteiger charge is -2.26. The lowest BCUT2D eigenvalue weighted by atomic mass is 9.82. The van der Waals surface area contributed by atoms with Crippen molar-refractivity contribution in [3.63, 3.8) is 0 Å². The SMILES string of the molecule is CCCCCCOC(=O)C1CCC(C(=O)OCCCCCCCCC(C)C)CC1. The molecule has 1 aliphatic rings. The monoisotopic (exact) mass is 410 g/mol. The molecule has 0 aromatic carbocycles. The van der Waals surface area contributed by atoms with Gasteiger partial charge in [-0.15, -0.1) is 0 Å². The van der Waals surface area contributed by atoms with E-state index >= 15 is 0 Å². The summed E-state index contributed by atoms with van der Waals surface area (Å²) in [4.78, 5) is 24.4. The van der Waals surface area contributed by atoms with Crippen molar-refractivity contribution >= 4 is 11.9 Å². The molecule has 0 spiro atoms. The molecule has 0 aliphatic heterocycles. The fraction of sp³-hybridized carbons (Fsp3) is 0.920. The fourth-order valence-corrected chi connectivity index (χ4v) is 4.04. The second-order valence-corrected chi connectivity index (χ2v) is 9.25. The first-order valence-corrected chi connectivity index (χ1v) is 12.4. The summed E-state index contributed by atoms with van der Waals surface area (Å²) in [5.74, 6) is 0.626. The average Bonchev–Trinajstić information content (AvgIpc) is 2.72. The van der Waals surface area contributed by atoms with Gasteiger partial charge in [0.2, 0.25) is 0 Å². The van der Waals surface area contributed by atoms with Gasteiger partial charge in [0.1, 0.15) is 0 Å². The maximum absolute atomic E-state index is 12.2. The molecule has 0 atom stereocenters. The normalized spacial score (nSPS) is 19.3. The zero-order chi connectivity index (χ0) is 21.3. The van der Waals surface area contributed by atoms with Crippen LogP contribution in [0.3, 0.4) is 0 Å². The molecular formula is C25H46O4. The smallest absolute Gasteiger partial charge is 0.308 e. The summed E-state index contributed by atoms with van der Waals surface area (Å²) in [6, 6.07) is 0. The number of ether oxygens (including phenoxy) is 2. The summed E-state index contributed by atoms with van der Waals surface area (Å²) in [5, 5.41) is 0. The second kappa shape index (κ2) is 16.7. The van der Waals surface area contributed by atoms with Crippen LogP contribution in [0.4, 0.5) is 0 Å². The molecule has 170 valence electrons. The van der Waals surface area contributed by atoms with Gasteiger partial charge in [0.25, 0.3) is 0 Å². The van der Waals surface area contributed by atoms with Crippen LogP contribution in [0.1, 0.15) is 117 Å². The third kappa shape index (κ3) is 13.0. The van der Waals surface area contributed by atoms with Gasteiger partial charge in [-0.2, -0.15) is 0 Å². The molecule has 1 saturated carbocycles. The Labute approximate surface area is 179 Å². The Morgan fingerprint density at radius 2 is 1.10 bits per heavy atom. The minimum atomic E-state index is -0.0679. The van der Waals surface area contributed by atoms with Gasteiger partial charge >= 0.3 is 11.9 Å². The third-order valence-corrected chi connectivity index (χ3v) is 6.06. The Hall–Kier alpha value is -1.06. The summed E-state index contributed by atoms with van der Waals surface area (Å²) in [6.45, 7) is 7.82. The van der Waals surface area contributed by atoms with Crippen LogP contribution in [-0.2, 0) is 19.1 Å². The largest absolute Gasteiger partial charge is 0.465 e. The highest BCUT2D eigenvalue weighted by Crippen LogP contribution is 2.30.